The van der Waals surface area contributed by atoms with Gasteiger partial charge in [0.25, 0.3) is 0 Å². The van der Waals surface area contributed by atoms with Crippen LogP contribution in [0.25, 0.3) is 11.1 Å². The van der Waals surface area contributed by atoms with Gasteiger partial charge in [-0.3, -0.25) is 9.78 Å². The van der Waals surface area contributed by atoms with Crippen molar-refractivity contribution in [3.63, 3.8) is 0 Å². The number of hydrogen-bond acceptors (Lipinski definition) is 3. The molecule has 2 rings (SSSR count). The molecule has 0 aliphatic rings. The highest BCUT2D eigenvalue weighted by Gasteiger charge is 2.04. The number of aromatic nitrogens is 2. The standard InChI is InChI=1S/C11H7ClN2O/c12-11-10(2-1-3-14-11)9-4-8(7-15)5-13-6-9/h1-7H. The Morgan fingerprint density at radius 3 is 2.93 bits per heavy atom. The number of hydrogen-bond donors (Lipinski definition) is 0. The van der Waals surface area contributed by atoms with E-state index in [0.29, 0.717) is 10.7 Å². The number of carbonyl (C=O) groups is 1. The molecule has 0 aliphatic heterocycles. The van der Waals surface area contributed by atoms with E-state index in [9.17, 15) is 4.79 Å². The van der Waals surface area contributed by atoms with Crippen LogP contribution in [-0.2, 0) is 0 Å². The Hall–Kier alpha value is -1.74. The van der Waals surface area contributed by atoms with Crippen LogP contribution < -0.4 is 0 Å². The van der Waals surface area contributed by atoms with Crippen LogP contribution in [-0.4, -0.2) is 16.3 Å². The first-order chi connectivity index (χ1) is 7.31. The van der Waals surface area contributed by atoms with Crippen molar-refractivity contribution in [2.24, 2.45) is 0 Å². The molecule has 0 N–H and O–H groups in total. The maximum atomic E-state index is 10.6. The lowest BCUT2D eigenvalue weighted by Gasteiger charge is -2.02. The van der Waals surface area contributed by atoms with E-state index in [1.807, 2.05) is 6.07 Å². The molecule has 0 radical (unpaired) electrons. The summed E-state index contributed by atoms with van der Waals surface area (Å²) in [6.07, 6.45) is 5.51. The molecule has 0 bridgehead atoms. The Balaban J connectivity index is 2.54. The number of aldehydes is 1. The van der Waals surface area contributed by atoms with Crippen molar-refractivity contribution in [2.45, 2.75) is 0 Å². The van der Waals surface area contributed by atoms with Crippen molar-refractivity contribution in [1.29, 1.82) is 0 Å². The summed E-state index contributed by atoms with van der Waals surface area (Å²) in [7, 11) is 0. The van der Waals surface area contributed by atoms with Gasteiger partial charge in [0.1, 0.15) is 5.15 Å². The molecule has 0 fully saturated rings. The average Bonchev–Trinajstić information content (AvgIpc) is 2.30. The van der Waals surface area contributed by atoms with E-state index in [1.54, 1.807) is 24.5 Å². The van der Waals surface area contributed by atoms with E-state index in [1.165, 1.54) is 6.20 Å². The summed E-state index contributed by atoms with van der Waals surface area (Å²) in [5.41, 5.74) is 2.08. The van der Waals surface area contributed by atoms with Crippen LogP contribution in [0.15, 0.2) is 36.8 Å². The van der Waals surface area contributed by atoms with Crippen LogP contribution in [0, 0.1) is 0 Å². The second-order valence-electron chi connectivity index (χ2n) is 2.97. The largest absolute Gasteiger partial charge is 0.298 e. The van der Waals surface area contributed by atoms with E-state index in [2.05, 4.69) is 9.97 Å². The van der Waals surface area contributed by atoms with Crippen LogP contribution >= 0.6 is 11.6 Å². The van der Waals surface area contributed by atoms with E-state index in [4.69, 9.17) is 11.6 Å². The first kappa shape index (κ1) is 9.80. The number of carbonyl (C=O) groups excluding carboxylic acids is 1. The van der Waals surface area contributed by atoms with Gasteiger partial charge in [0, 0.05) is 35.3 Å². The predicted octanol–water partition coefficient (Wildman–Crippen LogP) is 2.61. The summed E-state index contributed by atoms with van der Waals surface area (Å²) in [5, 5.41) is 0.405. The van der Waals surface area contributed by atoms with Crippen molar-refractivity contribution in [3.8, 4) is 11.1 Å². The van der Waals surface area contributed by atoms with E-state index < -0.39 is 0 Å². The third-order valence-electron chi connectivity index (χ3n) is 1.97. The second-order valence-corrected chi connectivity index (χ2v) is 3.32. The highest BCUT2D eigenvalue weighted by Crippen LogP contribution is 2.25. The van der Waals surface area contributed by atoms with Crippen molar-refractivity contribution < 1.29 is 4.79 Å². The Kier molecular flexibility index (Phi) is 2.74. The van der Waals surface area contributed by atoms with Crippen LogP contribution in [0.2, 0.25) is 5.15 Å². The summed E-state index contributed by atoms with van der Waals surface area (Å²) in [6, 6.07) is 5.35. The van der Waals surface area contributed by atoms with Gasteiger partial charge in [0.05, 0.1) is 0 Å². The molecule has 0 spiro atoms. The fourth-order valence-electron chi connectivity index (χ4n) is 1.27. The third kappa shape index (κ3) is 2.02. The first-order valence-electron chi connectivity index (χ1n) is 4.32. The van der Waals surface area contributed by atoms with Gasteiger partial charge in [-0.15, -0.1) is 0 Å². The second kappa shape index (κ2) is 4.19. The summed E-state index contributed by atoms with van der Waals surface area (Å²) in [6.45, 7) is 0. The van der Waals surface area contributed by atoms with Crippen LogP contribution in [0.5, 0.6) is 0 Å². The molecule has 0 saturated heterocycles. The average molecular weight is 219 g/mol. The molecule has 0 atom stereocenters. The summed E-state index contributed by atoms with van der Waals surface area (Å²) in [4.78, 5) is 18.5. The van der Waals surface area contributed by atoms with Gasteiger partial charge in [-0.2, -0.15) is 0 Å². The third-order valence-corrected chi connectivity index (χ3v) is 2.27. The predicted molar refractivity (Wildman–Crippen MR) is 57.9 cm³/mol. The van der Waals surface area contributed by atoms with Gasteiger partial charge in [-0.1, -0.05) is 11.6 Å². The van der Waals surface area contributed by atoms with Gasteiger partial charge in [-0.25, -0.2) is 4.98 Å². The quantitative estimate of drug-likeness (QED) is 0.575. The van der Waals surface area contributed by atoms with E-state index in [-0.39, 0.29) is 0 Å². The number of halogens is 1. The molecule has 2 aromatic heterocycles. The lowest BCUT2D eigenvalue weighted by Crippen LogP contribution is -1.87. The zero-order chi connectivity index (χ0) is 10.7. The Morgan fingerprint density at radius 1 is 1.33 bits per heavy atom. The molecule has 2 heterocycles. The maximum absolute atomic E-state index is 10.6. The normalized spacial score (nSPS) is 9.93. The van der Waals surface area contributed by atoms with Gasteiger partial charge >= 0.3 is 0 Å². The molecular formula is C11H7ClN2O. The molecule has 0 saturated carbocycles. The topological polar surface area (TPSA) is 42.9 Å². The zero-order valence-electron chi connectivity index (χ0n) is 7.72. The molecule has 2 aromatic rings. The molecule has 4 heteroatoms. The lowest BCUT2D eigenvalue weighted by molar-refractivity contribution is 0.112. The Bertz CT molecular complexity index is 499. The monoisotopic (exact) mass is 218 g/mol. The fraction of sp³-hybridized carbons (Fsp3) is 0. The molecule has 0 aromatic carbocycles. The van der Waals surface area contributed by atoms with Gasteiger partial charge in [0.2, 0.25) is 0 Å². The molecule has 3 nitrogen and oxygen atoms in total. The van der Waals surface area contributed by atoms with Gasteiger partial charge < -0.3 is 0 Å². The van der Waals surface area contributed by atoms with Crippen LogP contribution in [0.1, 0.15) is 10.4 Å². The van der Waals surface area contributed by atoms with Crippen molar-refractivity contribution in [3.05, 3.63) is 47.5 Å². The lowest BCUT2D eigenvalue weighted by atomic mass is 10.1. The van der Waals surface area contributed by atoms with Crippen LogP contribution in [0.3, 0.4) is 0 Å². The Morgan fingerprint density at radius 2 is 2.20 bits per heavy atom. The molecule has 0 aliphatic carbocycles. The molecule has 15 heavy (non-hydrogen) atoms. The fourth-order valence-corrected chi connectivity index (χ4v) is 1.50. The van der Waals surface area contributed by atoms with Crippen molar-refractivity contribution in [2.75, 3.05) is 0 Å². The molecular weight excluding hydrogens is 212 g/mol. The summed E-state index contributed by atoms with van der Waals surface area (Å²) >= 11 is 5.93. The Labute approximate surface area is 91.8 Å². The first-order valence-corrected chi connectivity index (χ1v) is 4.70. The van der Waals surface area contributed by atoms with Crippen molar-refractivity contribution in [1.82, 2.24) is 9.97 Å². The zero-order valence-corrected chi connectivity index (χ0v) is 8.48. The number of nitrogens with zero attached hydrogens (tertiary/aromatic N) is 2. The highest BCUT2D eigenvalue weighted by atomic mass is 35.5. The van der Waals surface area contributed by atoms with E-state index >= 15 is 0 Å². The minimum Gasteiger partial charge on any atom is -0.298 e. The minimum absolute atomic E-state index is 0.405. The van der Waals surface area contributed by atoms with Gasteiger partial charge in [0.15, 0.2) is 6.29 Å². The number of pyridine rings is 2. The summed E-state index contributed by atoms with van der Waals surface area (Å²) in [5.74, 6) is 0. The number of rotatable bonds is 2. The smallest absolute Gasteiger partial charge is 0.151 e. The minimum atomic E-state index is 0.405. The molecule has 74 valence electrons. The van der Waals surface area contributed by atoms with Crippen molar-refractivity contribution >= 4 is 17.9 Å². The van der Waals surface area contributed by atoms with E-state index in [0.717, 1.165) is 17.4 Å². The SMILES string of the molecule is O=Cc1cncc(-c2cccnc2Cl)c1. The maximum Gasteiger partial charge on any atom is 0.151 e. The van der Waals surface area contributed by atoms with Crippen LogP contribution in [0.4, 0.5) is 0 Å². The van der Waals surface area contributed by atoms with Gasteiger partial charge in [-0.05, 0) is 18.2 Å². The molecule has 0 unspecified atom stereocenters. The highest BCUT2D eigenvalue weighted by molar-refractivity contribution is 6.32. The molecule has 0 amide bonds. The summed E-state index contributed by atoms with van der Waals surface area (Å²) < 4.78 is 0.